The monoisotopic (exact) mass is 281 g/mol. The summed E-state index contributed by atoms with van der Waals surface area (Å²) in [5.41, 5.74) is 0.909. The minimum Gasteiger partial charge on any atom is -0.360 e. The number of carbonyl (C=O) groups is 1. The van der Waals surface area contributed by atoms with Crippen molar-refractivity contribution in [1.82, 2.24) is 9.72 Å². The zero-order valence-electron chi connectivity index (χ0n) is 11.6. The third-order valence-electron chi connectivity index (χ3n) is 3.17. The predicted octanol–water partition coefficient (Wildman–Crippen LogP) is 3.01. The summed E-state index contributed by atoms with van der Waals surface area (Å²) in [4.78, 5) is 12.6. The molecule has 21 heavy (non-hydrogen) atoms. The van der Waals surface area contributed by atoms with Crippen LogP contribution in [0.25, 0.3) is 0 Å². The summed E-state index contributed by atoms with van der Waals surface area (Å²) >= 11 is 0. The maximum absolute atomic E-state index is 12.6. The molecule has 2 heterocycles. The summed E-state index contributed by atoms with van der Waals surface area (Å²) in [5, 5.41) is 6.58. The molecule has 3 rings (SSSR count). The highest BCUT2D eigenvalue weighted by molar-refractivity contribution is 5.95. The number of hydrogen-bond acceptors (Lipinski definition) is 3. The van der Waals surface area contributed by atoms with Gasteiger partial charge in [-0.25, -0.2) is 0 Å². The quantitative estimate of drug-likeness (QED) is 0.799. The molecule has 1 unspecified atom stereocenters. The minimum atomic E-state index is -0.446. The van der Waals surface area contributed by atoms with E-state index >= 15 is 0 Å². The van der Waals surface area contributed by atoms with Crippen LogP contribution in [0.2, 0.25) is 0 Å². The SMILES string of the molecule is Cc1cc(NC(=O)C(c2ccccc2)n2cccc2)no1. The molecule has 5 nitrogen and oxygen atoms in total. The Morgan fingerprint density at radius 1 is 1.19 bits per heavy atom. The number of nitrogens with zero attached hydrogens (tertiary/aromatic N) is 2. The first kappa shape index (κ1) is 13.2. The van der Waals surface area contributed by atoms with Gasteiger partial charge in [0.15, 0.2) is 5.82 Å². The standard InChI is InChI=1S/C16H15N3O2/c1-12-11-14(18-21-12)17-16(20)15(19-9-5-6-10-19)13-7-3-2-4-8-13/h2-11,15H,1H3,(H,17,18,20). The molecule has 1 atom stereocenters. The van der Waals surface area contributed by atoms with Gasteiger partial charge in [0.05, 0.1) is 0 Å². The van der Waals surface area contributed by atoms with E-state index in [0.29, 0.717) is 11.6 Å². The van der Waals surface area contributed by atoms with Crippen LogP contribution < -0.4 is 5.32 Å². The topological polar surface area (TPSA) is 60.1 Å². The maximum Gasteiger partial charge on any atom is 0.253 e. The van der Waals surface area contributed by atoms with Gasteiger partial charge in [0.25, 0.3) is 5.91 Å². The van der Waals surface area contributed by atoms with Gasteiger partial charge in [0.2, 0.25) is 0 Å². The molecule has 0 radical (unpaired) electrons. The molecule has 0 fully saturated rings. The zero-order valence-corrected chi connectivity index (χ0v) is 11.6. The molecule has 1 N–H and O–H groups in total. The molecule has 0 aliphatic carbocycles. The molecular weight excluding hydrogens is 266 g/mol. The van der Waals surface area contributed by atoms with Crippen LogP contribution in [0.1, 0.15) is 17.4 Å². The number of amides is 1. The third-order valence-corrected chi connectivity index (χ3v) is 3.17. The highest BCUT2D eigenvalue weighted by atomic mass is 16.5. The fraction of sp³-hybridized carbons (Fsp3) is 0.125. The fourth-order valence-corrected chi connectivity index (χ4v) is 2.23. The van der Waals surface area contributed by atoms with E-state index in [-0.39, 0.29) is 5.91 Å². The van der Waals surface area contributed by atoms with Gasteiger partial charge in [-0.3, -0.25) is 4.79 Å². The first-order valence-electron chi connectivity index (χ1n) is 6.65. The summed E-state index contributed by atoms with van der Waals surface area (Å²) in [6.07, 6.45) is 3.73. The van der Waals surface area contributed by atoms with Gasteiger partial charge in [0, 0.05) is 18.5 Å². The Hall–Kier alpha value is -2.82. The van der Waals surface area contributed by atoms with E-state index in [0.717, 1.165) is 5.56 Å². The second-order valence-corrected chi connectivity index (χ2v) is 4.76. The van der Waals surface area contributed by atoms with Crippen molar-refractivity contribution in [2.75, 3.05) is 5.32 Å². The summed E-state index contributed by atoms with van der Waals surface area (Å²) < 4.78 is 6.83. The van der Waals surface area contributed by atoms with Crippen LogP contribution in [-0.2, 0) is 4.79 Å². The highest BCUT2D eigenvalue weighted by Crippen LogP contribution is 2.20. The molecule has 3 aromatic rings. The molecule has 1 amide bonds. The normalized spacial score (nSPS) is 12.0. The van der Waals surface area contributed by atoms with Crippen molar-refractivity contribution >= 4 is 11.7 Å². The minimum absolute atomic E-state index is 0.161. The van der Waals surface area contributed by atoms with E-state index in [1.165, 1.54) is 0 Å². The summed E-state index contributed by atoms with van der Waals surface area (Å²) in [6.45, 7) is 1.78. The van der Waals surface area contributed by atoms with Gasteiger partial charge >= 0.3 is 0 Å². The number of nitrogens with one attached hydrogen (secondary N) is 1. The summed E-state index contributed by atoms with van der Waals surface area (Å²) in [7, 11) is 0. The molecular formula is C16H15N3O2. The van der Waals surface area contributed by atoms with E-state index < -0.39 is 6.04 Å². The average molecular weight is 281 g/mol. The van der Waals surface area contributed by atoms with E-state index in [1.807, 2.05) is 59.4 Å². The van der Waals surface area contributed by atoms with Crippen molar-refractivity contribution in [3.8, 4) is 0 Å². The Balaban J connectivity index is 1.90. The fourth-order valence-electron chi connectivity index (χ4n) is 2.23. The van der Waals surface area contributed by atoms with Crippen LogP contribution in [0.4, 0.5) is 5.82 Å². The third kappa shape index (κ3) is 2.86. The van der Waals surface area contributed by atoms with Gasteiger partial charge in [-0.1, -0.05) is 35.5 Å². The van der Waals surface area contributed by atoms with Gasteiger partial charge in [-0.2, -0.15) is 0 Å². The Morgan fingerprint density at radius 2 is 1.90 bits per heavy atom. The lowest BCUT2D eigenvalue weighted by molar-refractivity contribution is -0.118. The van der Waals surface area contributed by atoms with E-state index in [1.54, 1.807) is 13.0 Å². The lowest BCUT2D eigenvalue weighted by Gasteiger charge is -2.18. The van der Waals surface area contributed by atoms with E-state index in [4.69, 9.17) is 4.52 Å². The number of benzene rings is 1. The van der Waals surface area contributed by atoms with Gasteiger partial charge < -0.3 is 14.4 Å². The molecule has 0 aliphatic rings. The van der Waals surface area contributed by atoms with Gasteiger partial charge in [-0.15, -0.1) is 0 Å². The van der Waals surface area contributed by atoms with Crippen LogP contribution >= 0.6 is 0 Å². The number of aryl methyl sites for hydroxylation is 1. The van der Waals surface area contributed by atoms with Crippen LogP contribution in [0, 0.1) is 6.92 Å². The summed E-state index contributed by atoms with van der Waals surface area (Å²) in [6, 6.07) is 14.6. The van der Waals surface area contributed by atoms with E-state index in [2.05, 4.69) is 10.5 Å². The molecule has 0 saturated carbocycles. The lowest BCUT2D eigenvalue weighted by atomic mass is 10.1. The van der Waals surface area contributed by atoms with Crippen molar-refractivity contribution in [3.63, 3.8) is 0 Å². The molecule has 1 aromatic carbocycles. The van der Waals surface area contributed by atoms with Crippen LogP contribution in [-0.4, -0.2) is 15.6 Å². The molecule has 0 spiro atoms. The number of anilines is 1. The Morgan fingerprint density at radius 3 is 2.52 bits per heavy atom. The van der Waals surface area contributed by atoms with Gasteiger partial charge in [-0.05, 0) is 24.6 Å². The predicted molar refractivity (Wildman–Crippen MR) is 78.9 cm³/mol. The smallest absolute Gasteiger partial charge is 0.253 e. The van der Waals surface area contributed by atoms with Crippen LogP contribution in [0.3, 0.4) is 0 Å². The highest BCUT2D eigenvalue weighted by Gasteiger charge is 2.22. The second-order valence-electron chi connectivity index (χ2n) is 4.76. The first-order chi connectivity index (χ1) is 10.2. The molecule has 106 valence electrons. The maximum atomic E-state index is 12.6. The van der Waals surface area contributed by atoms with Crippen molar-refractivity contribution < 1.29 is 9.32 Å². The number of hydrogen-bond donors (Lipinski definition) is 1. The molecule has 0 saturated heterocycles. The molecule has 2 aromatic heterocycles. The van der Waals surface area contributed by atoms with E-state index in [9.17, 15) is 4.79 Å². The van der Waals surface area contributed by atoms with Crippen molar-refractivity contribution in [3.05, 3.63) is 72.2 Å². The second kappa shape index (κ2) is 5.66. The largest absolute Gasteiger partial charge is 0.360 e. The number of aromatic nitrogens is 2. The average Bonchev–Trinajstić information content (AvgIpc) is 3.13. The Kier molecular flexibility index (Phi) is 3.55. The lowest BCUT2D eigenvalue weighted by Crippen LogP contribution is -2.26. The molecule has 0 bridgehead atoms. The first-order valence-corrected chi connectivity index (χ1v) is 6.65. The van der Waals surface area contributed by atoms with Crippen LogP contribution in [0.15, 0.2) is 65.4 Å². The molecule has 5 heteroatoms. The van der Waals surface area contributed by atoms with Crippen molar-refractivity contribution in [1.29, 1.82) is 0 Å². The molecule has 0 aliphatic heterocycles. The Labute approximate surface area is 122 Å². The van der Waals surface area contributed by atoms with Gasteiger partial charge in [0.1, 0.15) is 11.8 Å². The van der Waals surface area contributed by atoms with Crippen LogP contribution in [0.5, 0.6) is 0 Å². The number of rotatable bonds is 4. The Bertz CT molecular complexity index is 717. The summed E-state index contributed by atoms with van der Waals surface area (Å²) in [5.74, 6) is 0.916. The van der Waals surface area contributed by atoms with Crippen molar-refractivity contribution in [2.45, 2.75) is 13.0 Å². The van der Waals surface area contributed by atoms with Crippen molar-refractivity contribution in [2.24, 2.45) is 0 Å². The zero-order chi connectivity index (χ0) is 14.7. The number of carbonyl (C=O) groups excluding carboxylic acids is 1.